The number of ether oxygens (including phenoxy) is 1. The molecule has 0 bridgehead atoms. The van der Waals surface area contributed by atoms with Crippen molar-refractivity contribution in [3.8, 4) is 0 Å². The highest BCUT2D eigenvalue weighted by Gasteiger charge is 2.23. The number of carbonyl (C=O) groups is 2. The van der Waals surface area contributed by atoms with Crippen LogP contribution in [0, 0.1) is 13.8 Å². The molecule has 0 aliphatic rings. The maximum atomic E-state index is 12.3. The maximum absolute atomic E-state index is 12.3. The van der Waals surface area contributed by atoms with Crippen LogP contribution in [0.5, 0.6) is 0 Å². The summed E-state index contributed by atoms with van der Waals surface area (Å²) in [5.74, 6) is -0.846. The van der Waals surface area contributed by atoms with Gasteiger partial charge in [-0.25, -0.2) is 4.79 Å². The Balaban J connectivity index is 2.72. The maximum Gasteiger partial charge on any atom is 0.341 e. The summed E-state index contributed by atoms with van der Waals surface area (Å²) in [6.07, 6.45) is 0. The molecule has 2 N–H and O–H groups in total. The van der Waals surface area contributed by atoms with Crippen LogP contribution in [0.25, 0.3) is 0 Å². The third kappa shape index (κ3) is 6.05. The molecule has 0 fully saturated rings. The van der Waals surface area contributed by atoms with E-state index in [-0.39, 0.29) is 11.6 Å². The Morgan fingerprint density at radius 1 is 1.20 bits per heavy atom. The van der Waals surface area contributed by atoms with Gasteiger partial charge in [-0.05, 0) is 39.4 Å². The number of nitrogens with zero attached hydrogens (tertiary/aromatic N) is 1. The van der Waals surface area contributed by atoms with E-state index >= 15 is 0 Å². The van der Waals surface area contributed by atoms with Crippen molar-refractivity contribution in [1.29, 1.82) is 0 Å². The molecule has 0 aromatic carbocycles. The van der Waals surface area contributed by atoms with E-state index in [1.54, 1.807) is 6.92 Å². The van der Waals surface area contributed by atoms with Crippen molar-refractivity contribution in [2.45, 2.75) is 34.6 Å². The average molecular weight is 386 g/mol. The van der Waals surface area contributed by atoms with Crippen LogP contribution < -0.4 is 10.6 Å². The highest BCUT2D eigenvalue weighted by atomic mass is 32.1. The number of esters is 1. The number of thiocarbonyl (C=S) groups is 1. The summed E-state index contributed by atoms with van der Waals surface area (Å²) >= 11 is 6.50. The number of nitrogens with one attached hydrogen (secondary N) is 2. The summed E-state index contributed by atoms with van der Waals surface area (Å²) in [6, 6.07) is 0. The molecule has 0 aliphatic heterocycles. The van der Waals surface area contributed by atoms with Crippen LogP contribution in [0.3, 0.4) is 0 Å². The second-order valence-electron chi connectivity index (χ2n) is 5.44. The van der Waals surface area contributed by atoms with Gasteiger partial charge < -0.3 is 20.3 Å². The van der Waals surface area contributed by atoms with Crippen LogP contribution in [0.2, 0.25) is 0 Å². The molecule has 0 atom stereocenters. The number of aryl methyl sites for hydroxylation is 1. The van der Waals surface area contributed by atoms with Crippen molar-refractivity contribution < 1.29 is 14.3 Å². The van der Waals surface area contributed by atoms with Gasteiger partial charge in [0.1, 0.15) is 5.00 Å². The van der Waals surface area contributed by atoms with Crippen LogP contribution in [0.4, 0.5) is 5.00 Å². The Labute approximate surface area is 158 Å². The Hall–Kier alpha value is -1.51. The van der Waals surface area contributed by atoms with Crippen LogP contribution in [-0.2, 0) is 9.53 Å². The van der Waals surface area contributed by atoms with Gasteiger partial charge in [-0.2, -0.15) is 0 Å². The molecule has 0 radical (unpaired) electrons. The van der Waals surface area contributed by atoms with Crippen LogP contribution >= 0.6 is 23.6 Å². The van der Waals surface area contributed by atoms with Crippen molar-refractivity contribution in [3.05, 3.63) is 16.0 Å². The number of anilines is 1. The lowest BCUT2D eigenvalue weighted by atomic mass is 10.1. The van der Waals surface area contributed by atoms with Crippen molar-refractivity contribution in [2.24, 2.45) is 0 Å². The molecule has 1 aromatic rings. The minimum atomic E-state index is -0.430. The molecule has 0 aliphatic carbocycles. The first-order valence-corrected chi connectivity index (χ1v) is 9.66. The van der Waals surface area contributed by atoms with Crippen LogP contribution in [0.15, 0.2) is 0 Å². The molecule has 1 rings (SSSR count). The molecule has 1 heterocycles. The van der Waals surface area contributed by atoms with Crippen molar-refractivity contribution in [2.75, 3.05) is 38.1 Å². The van der Waals surface area contributed by atoms with E-state index in [1.165, 1.54) is 11.3 Å². The molecule has 1 aromatic heterocycles. The molecule has 0 spiro atoms. The van der Waals surface area contributed by atoms with Gasteiger partial charge in [0.05, 0.1) is 12.2 Å². The standard InChI is InChI=1S/C17H27N3O3S2/c1-6-20(7-2)10-9-18-15(24)14(21)19-16-13(17(22)23-8-3)11(4)12(5)25-16/h6-10H2,1-5H3,(H,18,24)(H,19,21). The number of thiophene rings is 1. The lowest BCUT2D eigenvalue weighted by Crippen LogP contribution is -2.39. The van der Waals surface area contributed by atoms with Crippen LogP contribution in [-0.4, -0.2) is 54.6 Å². The highest BCUT2D eigenvalue weighted by molar-refractivity contribution is 7.82. The number of hydrogen-bond donors (Lipinski definition) is 2. The van der Waals surface area contributed by atoms with Crippen LogP contribution in [0.1, 0.15) is 41.6 Å². The Morgan fingerprint density at radius 3 is 2.40 bits per heavy atom. The smallest absolute Gasteiger partial charge is 0.341 e. The van der Waals surface area contributed by atoms with Crippen molar-refractivity contribution in [3.63, 3.8) is 0 Å². The monoisotopic (exact) mass is 385 g/mol. The normalized spacial score (nSPS) is 10.6. The summed E-state index contributed by atoms with van der Waals surface area (Å²) in [7, 11) is 0. The van der Waals surface area contributed by atoms with Gasteiger partial charge in [0.25, 0.3) is 5.91 Å². The van der Waals surface area contributed by atoms with E-state index in [1.807, 2.05) is 13.8 Å². The molecular formula is C17H27N3O3S2. The summed E-state index contributed by atoms with van der Waals surface area (Å²) in [5, 5.41) is 6.18. The number of amides is 1. The minimum absolute atomic E-state index is 0.116. The first-order valence-electron chi connectivity index (χ1n) is 8.44. The van der Waals surface area contributed by atoms with E-state index in [0.717, 1.165) is 30.1 Å². The van der Waals surface area contributed by atoms with Crippen molar-refractivity contribution >= 4 is 45.4 Å². The Bertz CT molecular complexity index is 625. The fraction of sp³-hybridized carbons (Fsp3) is 0.588. The molecule has 0 saturated carbocycles. The van der Waals surface area contributed by atoms with Gasteiger partial charge in [-0.3, -0.25) is 4.79 Å². The lowest BCUT2D eigenvalue weighted by Gasteiger charge is -2.18. The van der Waals surface area contributed by atoms with E-state index in [9.17, 15) is 9.59 Å². The third-order valence-corrected chi connectivity index (χ3v) is 5.36. The SMILES string of the molecule is CCOC(=O)c1c(NC(=O)C(=S)NCCN(CC)CC)sc(C)c1C. The summed E-state index contributed by atoms with van der Waals surface area (Å²) in [6.45, 7) is 13.3. The van der Waals surface area contributed by atoms with Gasteiger partial charge in [0.2, 0.25) is 0 Å². The first-order chi connectivity index (χ1) is 11.8. The Morgan fingerprint density at radius 2 is 1.84 bits per heavy atom. The van der Waals surface area contributed by atoms with E-state index in [4.69, 9.17) is 17.0 Å². The minimum Gasteiger partial charge on any atom is -0.462 e. The molecular weight excluding hydrogens is 358 g/mol. The molecule has 0 saturated heterocycles. The van der Waals surface area contributed by atoms with Gasteiger partial charge in [0, 0.05) is 18.0 Å². The average Bonchev–Trinajstić information content (AvgIpc) is 2.85. The van der Waals surface area contributed by atoms with Gasteiger partial charge >= 0.3 is 5.97 Å². The quantitative estimate of drug-likeness (QED) is 0.530. The molecule has 140 valence electrons. The lowest BCUT2D eigenvalue weighted by molar-refractivity contribution is -0.110. The molecule has 0 unspecified atom stereocenters. The van der Waals surface area contributed by atoms with Gasteiger partial charge in [-0.15, -0.1) is 11.3 Å². The van der Waals surface area contributed by atoms with Crippen molar-refractivity contribution in [1.82, 2.24) is 10.2 Å². The molecule has 8 heteroatoms. The molecule has 1 amide bonds. The Kier molecular flexibility index (Phi) is 9.02. The van der Waals surface area contributed by atoms with E-state index in [0.29, 0.717) is 17.1 Å². The largest absolute Gasteiger partial charge is 0.462 e. The fourth-order valence-electron chi connectivity index (χ4n) is 2.27. The summed E-state index contributed by atoms with van der Waals surface area (Å²) < 4.78 is 5.08. The number of hydrogen-bond acceptors (Lipinski definition) is 6. The predicted molar refractivity (Wildman–Crippen MR) is 107 cm³/mol. The third-order valence-electron chi connectivity index (χ3n) is 3.91. The zero-order valence-corrected chi connectivity index (χ0v) is 17.2. The highest BCUT2D eigenvalue weighted by Crippen LogP contribution is 2.33. The van der Waals surface area contributed by atoms with Gasteiger partial charge in [0.15, 0.2) is 4.99 Å². The van der Waals surface area contributed by atoms with E-state index < -0.39 is 11.9 Å². The molecule has 25 heavy (non-hydrogen) atoms. The second kappa shape index (κ2) is 10.5. The fourth-order valence-corrected chi connectivity index (χ4v) is 3.47. The zero-order valence-electron chi connectivity index (χ0n) is 15.5. The first kappa shape index (κ1) is 21.5. The van der Waals surface area contributed by atoms with E-state index in [2.05, 4.69) is 29.4 Å². The summed E-state index contributed by atoms with van der Waals surface area (Å²) in [4.78, 5) is 27.8. The second-order valence-corrected chi connectivity index (χ2v) is 7.08. The topological polar surface area (TPSA) is 70.7 Å². The zero-order chi connectivity index (χ0) is 19.0. The number of likely N-dealkylation sites (N-methyl/N-ethyl adjacent to an activating group) is 1. The summed E-state index contributed by atoms with van der Waals surface area (Å²) in [5.41, 5.74) is 1.22. The molecule has 6 nitrogen and oxygen atoms in total. The number of rotatable bonds is 8. The predicted octanol–water partition coefficient (Wildman–Crippen LogP) is 2.74. The number of carbonyl (C=O) groups excluding carboxylic acids is 2. The van der Waals surface area contributed by atoms with Gasteiger partial charge in [-0.1, -0.05) is 26.1 Å².